The Kier molecular flexibility index (Phi) is 9.06. The summed E-state index contributed by atoms with van der Waals surface area (Å²) in [6.45, 7) is 1.85. The maximum absolute atomic E-state index is 10.5. The van der Waals surface area contributed by atoms with E-state index in [1.807, 2.05) is 0 Å². The molecule has 0 spiro atoms. The monoisotopic (exact) mass is 216 g/mol. The van der Waals surface area contributed by atoms with Crippen molar-refractivity contribution < 1.29 is 28.1 Å². The van der Waals surface area contributed by atoms with Crippen LogP contribution in [0.15, 0.2) is 0 Å². The number of carbonyl (C=O) groups excluding carboxylic acids is 2. The molecule has 9 heteroatoms. The van der Waals surface area contributed by atoms with Gasteiger partial charge in [-0.1, -0.05) is 0 Å². The highest BCUT2D eigenvalue weighted by atomic mass is 31.2. The van der Waals surface area contributed by atoms with Gasteiger partial charge in [0.25, 0.3) is 0 Å². The molecule has 0 saturated heterocycles. The fraction of sp³-hybridized carbons (Fsp3) is 0.500. The van der Waals surface area contributed by atoms with E-state index in [0.717, 1.165) is 13.8 Å². The van der Waals surface area contributed by atoms with Gasteiger partial charge in [0.2, 0.25) is 0 Å². The van der Waals surface area contributed by atoms with E-state index in [4.69, 9.17) is 4.89 Å². The Bertz CT molecular complexity index is 209. The van der Waals surface area contributed by atoms with Gasteiger partial charge in [-0.05, 0) is 0 Å². The minimum atomic E-state index is -4.50. The zero-order valence-corrected chi connectivity index (χ0v) is 8.24. The molecule has 0 fully saturated rings. The van der Waals surface area contributed by atoms with Crippen LogP contribution in [0.1, 0.15) is 13.8 Å². The molecule has 0 aromatic rings. The van der Waals surface area contributed by atoms with Gasteiger partial charge in [-0.15, -0.1) is 0 Å². The van der Waals surface area contributed by atoms with Crippen LogP contribution in [0.5, 0.6) is 0 Å². The molecule has 0 aromatic carbocycles. The van der Waals surface area contributed by atoms with E-state index in [9.17, 15) is 14.2 Å². The Morgan fingerprint density at radius 1 is 1.08 bits per heavy atom. The summed E-state index contributed by atoms with van der Waals surface area (Å²) in [5.41, 5.74) is 0. The Labute approximate surface area is 75.0 Å². The second-order valence-electron chi connectivity index (χ2n) is 1.63. The largest absolute Gasteiger partial charge is 0.589 e. The van der Waals surface area contributed by atoms with Crippen LogP contribution in [-0.2, 0) is 23.2 Å². The molecule has 0 unspecified atom stereocenters. The fourth-order valence-corrected chi connectivity index (χ4v) is 1.03. The molecule has 0 aliphatic heterocycles. The van der Waals surface area contributed by atoms with Crippen molar-refractivity contribution in [3.63, 3.8) is 0 Å². The molecule has 80 valence electrons. The van der Waals surface area contributed by atoms with E-state index in [0.29, 0.717) is 0 Å². The summed E-state index contributed by atoms with van der Waals surface area (Å²) in [4.78, 5) is 28.7. The molecule has 7 N–H and O–H groups in total. The van der Waals surface area contributed by atoms with Crippen molar-refractivity contribution in [1.82, 2.24) is 12.3 Å². The van der Waals surface area contributed by atoms with Crippen LogP contribution in [-0.4, -0.2) is 16.8 Å². The standard InChI is InChI=1S/C4H7O6P.2H3N/c1-3(5)9-11(7,8)10-4(2)6;;/h1-2H3,(H,7,8);2*1H3. The Morgan fingerprint density at radius 2 is 1.31 bits per heavy atom. The molecule has 0 heterocycles. The average Bonchev–Trinajstić information content (AvgIpc) is 1.53. The van der Waals surface area contributed by atoms with Gasteiger partial charge < -0.3 is 21.3 Å². The molecule has 13 heavy (non-hydrogen) atoms. The zero-order chi connectivity index (χ0) is 9.07. The Morgan fingerprint density at radius 3 is 1.46 bits per heavy atom. The van der Waals surface area contributed by atoms with Crippen molar-refractivity contribution >= 4 is 19.8 Å². The van der Waals surface area contributed by atoms with Gasteiger partial charge in [0, 0.05) is 13.8 Å². The van der Waals surface area contributed by atoms with Crippen LogP contribution < -0.4 is 12.3 Å². The molecular formula is C4H13N2O6P. The van der Waals surface area contributed by atoms with Crippen LogP contribution >= 0.6 is 7.82 Å². The van der Waals surface area contributed by atoms with Crippen LogP contribution in [0.4, 0.5) is 0 Å². The summed E-state index contributed by atoms with van der Waals surface area (Å²) in [7, 11) is -4.50. The predicted molar refractivity (Wildman–Crippen MR) is 43.4 cm³/mol. The summed E-state index contributed by atoms with van der Waals surface area (Å²) >= 11 is 0. The van der Waals surface area contributed by atoms with Gasteiger partial charge in [0.1, 0.15) is 0 Å². The van der Waals surface area contributed by atoms with Crippen LogP contribution in [0, 0.1) is 0 Å². The van der Waals surface area contributed by atoms with Gasteiger partial charge >= 0.3 is 19.8 Å². The zero-order valence-electron chi connectivity index (χ0n) is 7.35. The van der Waals surface area contributed by atoms with Gasteiger partial charge in [-0.2, -0.15) is 0 Å². The molecule has 0 rings (SSSR count). The first-order valence-corrected chi connectivity index (χ1v) is 4.06. The lowest BCUT2D eigenvalue weighted by atomic mass is 10.9. The highest BCUT2D eigenvalue weighted by molar-refractivity contribution is 7.48. The van der Waals surface area contributed by atoms with Crippen molar-refractivity contribution in [3.8, 4) is 0 Å². The minimum Gasteiger partial charge on any atom is -0.362 e. The van der Waals surface area contributed by atoms with Gasteiger partial charge in [0.15, 0.2) is 0 Å². The topological polar surface area (TPSA) is 160 Å². The quantitative estimate of drug-likeness (QED) is 0.563. The van der Waals surface area contributed by atoms with E-state index in [-0.39, 0.29) is 12.3 Å². The molecule has 0 radical (unpaired) electrons. The maximum atomic E-state index is 10.5. The summed E-state index contributed by atoms with van der Waals surface area (Å²) in [5, 5.41) is 0. The minimum absolute atomic E-state index is 0. The summed E-state index contributed by atoms with van der Waals surface area (Å²) in [6.07, 6.45) is 0. The lowest BCUT2D eigenvalue weighted by Gasteiger charge is -2.07. The number of hydrogen-bond donors (Lipinski definition) is 3. The second kappa shape index (κ2) is 6.55. The lowest BCUT2D eigenvalue weighted by Crippen LogP contribution is -2.02. The molecule has 0 saturated carbocycles. The van der Waals surface area contributed by atoms with E-state index in [1.165, 1.54) is 0 Å². The molecule has 8 nitrogen and oxygen atoms in total. The summed E-state index contributed by atoms with van der Waals surface area (Å²) in [6, 6.07) is 0. The second-order valence-corrected chi connectivity index (χ2v) is 2.94. The number of phosphoric ester groups is 1. The van der Waals surface area contributed by atoms with Gasteiger partial charge in [-0.25, -0.2) is 4.57 Å². The Balaban J connectivity index is -0.000000500. The van der Waals surface area contributed by atoms with Crippen molar-refractivity contribution in [3.05, 3.63) is 0 Å². The van der Waals surface area contributed by atoms with Crippen LogP contribution in [0.25, 0.3) is 0 Å². The average molecular weight is 216 g/mol. The van der Waals surface area contributed by atoms with Crippen LogP contribution in [0.2, 0.25) is 0 Å². The lowest BCUT2D eigenvalue weighted by molar-refractivity contribution is -0.137. The highest BCUT2D eigenvalue weighted by Crippen LogP contribution is 2.43. The third kappa shape index (κ3) is 11.0. The molecular weight excluding hydrogens is 203 g/mol. The number of hydrogen-bond acceptors (Lipinski definition) is 7. The van der Waals surface area contributed by atoms with Crippen molar-refractivity contribution in [1.29, 1.82) is 0 Å². The third-order valence-corrected chi connectivity index (χ3v) is 1.46. The first-order valence-electron chi connectivity index (χ1n) is 2.56. The normalized spacial score (nSPS) is 8.85. The predicted octanol–water partition coefficient (Wildman–Crippen LogP) is 0.537. The van der Waals surface area contributed by atoms with Crippen LogP contribution in [0.3, 0.4) is 0 Å². The van der Waals surface area contributed by atoms with Crippen molar-refractivity contribution in [2.75, 3.05) is 0 Å². The Hall–Kier alpha value is -0.950. The molecule has 0 bridgehead atoms. The third-order valence-electron chi connectivity index (χ3n) is 0.488. The number of carbonyl (C=O) groups is 2. The molecule has 0 atom stereocenters. The smallest absolute Gasteiger partial charge is 0.362 e. The SMILES string of the molecule is CC(=O)OP(=O)(O)OC(C)=O.N.N. The first kappa shape index (κ1) is 18.0. The highest BCUT2D eigenvalue weighted by Gasteiger charge is 2.27. The van der Waals surface area contributed by atoms with Gasteiger partial charge in [-0.3, -0.25) is 14.5 Å². The molecule has 0 aromatic heterocycles. The van der Waals surface area contributed by atoms with E-state index < -0.39 is 19.8 Å². The fourth-order valence-electron chi connectivity index (χ4n) is 0.344. The first-order chi connectivity index (χ1) is 4.83. The van der Waals surface area contributed by atoms with Crippen molar-refractivity contribution in [2.24, 2.45) is 0 Å². The molecule has 0 aliphatic carbocycles. The van der Waals surface area contributed by atoms with E-state index in [1.54, 1.807) is 0 Å². The number of phosphoric acid groups is 1. The van der Waals surface area contributed by atoms with E-state index in [2.05, 4.69) is 9.05 Å². The van der Waals surface area contributed by atoms with Gasteiger partial charge in [0.05, 0.1) is 0 Å². The maximum Gasteiger partial charge on any atom is 0.589 e. The van der Waals surface area contributed by atoms with E-state index >= 15 is 0 Å². The number of rotatable bonds is 2. The molecule has 0 aliphatic rings. The summed E-state index contributed by atoms with van der Waals surface area (Å²) < 4.78 is 18.1. The van der Waals surface area contributed by atoms with Crippen molar-refractivity contribution in [2.45, 2.75) is 13.8 Å². The summed E-state index contributed by atoms with van der Waals surface area (Å²) in [5.74, 6) is -1.98. The molecule has 0 amide bonds.